The van der Waals surface area contributed by atoms with E-state index in [0.29, 0.717) is 5.92 Å². The van der Waals surface area contributed by atoms with Crippen LogP contribution in [0.3, 0.4) is 0 Å². The molecule has 0 bridgehead atoms. The van der Waals surface area contributed by atoms with Crippen molar-refractivity contribution in [1.29, 1.82) is 0 Å². The van der Waals surface area contributed by atoms with E-state index in [2.05, 4.69) is 112 Å². The third kappa shape index (κ3) is 5.69. The fourth-order valence-electron chi connectivity index (χ4n) is 5.00. The van der Waals surface area contributed by atoms with E-state index < -0.39 is 0 Å². The smallest absolute Gasteiger partial charge is 1.00 e. The fraction of sp³-hybridized carbons (Fsp3) is 0.484. The van der Waals surface area contributed by atoms with Crippen LogP contribution in [0.4, 0.5) is 0 Å². The minimum atomic E-state index is 0. The maximum atomic E-state index is 3.91. The van der Waals surface area contributed by atoms with Crippen molar-refractivity contribution in [3.8, 4) is 11.1 Å². The summed E-state index contributed by atoms with van der Waals surface area (Å²) in [6.07, 6.45) is 3.53. The van der Waals surface area contributed by atoms with Crippen LogP contribution >= 0.6 is 0 Å². The molecule has 0 spiro atoms. The van der Waals surface area contributed by atoms with Crippen LogP contribution in [-0.4, -0.2) is 0 Å². The summed E-state index contributed by atoms with van der Waals surface area (Å²) in [4.78, 5) is 0. The van der Waals surface area contributed by atoms with Gasteiger partial charge in [-0.3, -0.25) is 0 Å². The van der Waals surface area contributed by atoms with E-state index >= 15 is 0 Å². The summed E-state index contributed by atoms with van der Waals surface area (Å²) in [5, 5.41) is 0. The van der Waals surface area contributed by atoms with Crippen molar-refractivity contribution in [2.24, 2.45) is 5.41 Å². The fourth-order valence-corrected chi connectivity index (χ4v) is 5.00. The maximum absolute atomic E-state index is 3.91. The zero-order valence-corrected chi connectivity index (χ0v) is 26.5. The second-order valence-corrected chi connectivity index (χ2v) is 12.7. The molecule has 0 amide bonds. The molecular formula is C31H39Cl2Zr. The van der Waals surface area contributed by atoms with E-state index in [9.17, 15) is 0 Å². The largest absolute Gasteiger partial charge is 3.00 e. The van der Waals surface area contributed by atoms with E-state index in [1.807, 2.05) is 0 Å². The molecule has 0 aromatic heterocycles. The topological polar surface area (TPSA) is 0 Å². The molecule has 2 aromatic rings. The van der Waals surface area contributed by atoms with E-state index in [1.54, 1.807) is 11.1 Å². The number of hydrogen-bond donors (Lipinski definition) is 0. The van der Waals surface area contributed by atoms with Gasteiger partial charge in [0.25, 0.3) is 0 Å². The number of halogens is 2. The van der Waals surface area contributed by atoms with E-state index in [4.69, 9.17) is 0 Å². The molecule has 0 N–H and O–H groups in total. The second-order valence-electron chi connectivity index (χ2n) is 12.7. The number of rotatable bonds is 1. The third-order valence-electron chi connectivity index (χ3n) is 7.18. The molecule has 0 saturated heterocycles. The molecule has 0 nitrogen and oxygen atoms in total. The average molecular weight is 574 g/mol. The van der Waals surface area contributed by atoms with Crippen molar-refractivity contribution in [3.63, 3.8) is 0 Å². The molecule has 34 heavy (non-hydrogen) atoms. The van der Waals surface area contributed by atoms with Gasteiger partial charge in [-0.05, 0) is 40.7 Å². The Hall–Kier alpha value is -0.617. The Bertz CT molecular complexity index is 1050. The van der Waals surface area contributed by atoms with Gasteiger partial charge in [0.05, 0.1) is 0 Å². The van der Waals surface area contributed by atoms with Crippen molar-refractivity contribution in [2.75, 3.05) is 0 Å². The minimum absolute atomic E-state index is 0. The van der Waals surface area contributed by atoms with Crippen molar-refractivity contribution in [2.45, 2.75) is 92.4 Å². The van der Waals surface area contributed by atoms with Crippen molar-refractivity contribution in [3.05, 3.63) is 81.4 Å². The molecule has 0 aliphatic heterocycles. The standard InChI is InChI=1S/C31H39.2ClH.Zr/c1-19-15-22(31(8,9)10)18-25(19)28-26-16-20(29(2,3)4)11-13-23(26)24-14-12-21(17-27(24)28)30(5,6)7;;;/h11-16,28H,18H2,1-10H3;2*1H;/q-1;;;+3/p-2. The minimum Gasteiger partial charge on any atom is -1.00 e. The van der Waals surface area contributed by atoms with Crippen LogP contribution in [0.25, 0.3) is 11.1 Å². The van der Waals surface area contributed by atoms with Gasteiger partial charge < -0.3 is 24.8 Å². The Morgan fingerprint density at radius 1 is 0.765 bits per heavy atom. The molecule has 1 unspecified atom stereocenters. The molecule has 1 atom stereocenters. The van der Waals surface area contributed by atoms with Gasteiger partial charge in [-0.1, -0.05) is 109 Å². The summed E-state index contributed by atoms with van der Waals surface area (Å²) in [5.74, 6) is 0.311. The molecule has 4 rings (SSSR count). The van der Waals surface area contributed by atoms with Gasteiger partial charge in [-0.15, -0.1) is 11.1 Å². The predicted octanol–water partition coefficient (Wildman–Crippen LogP) is 2.89. The summed E-state index contributed by atoms with van der Waals surface area (Å²) in [6, 6.07) is 15.7. The second kappa shape index (κ2) is 10.4. The number of hydrogen-bond acceptors (Lipinski definition) is 0. The van der Waals surface area contributed by atoms with Crippen molar-refractivity contribution < 1.29 is 51.0 Å². The SMILES string of the molecule is CC1=C(C2c3[c-]c(C(C)(C)C)ccc3-c3ccc(C(C)(C)C)cc32)CC(C(C)(C)C)=C1.[Cl-].[Cl-].[Zr+3]. The number of fused-ring (bicyclic) bond motifs is 3. The molecule has 2 aromatic carbocycles. The Balaban J connectivity index is 0.00000193. The summed E-state index contributed by atoms with van der Waals surface area (Å²) in [5.41, 5.74) is 13.4. The van der Waals surface area contributed by atoms with Crippen LogP contribution in [-0.2, 0) is 37.0 Å². The maximum Gasteiger partial charge on any atom is 3.00 e. The summed E-state index contributed by atoms with van der Waals surface area (Å²) in [7, 11) is 0. The third-order valence-corrected chi connectivity index (χ3v) is 7.18. The zero-order valence-electron chi connectivity index (χ0n) is 22.5. The summed E-state index contributed by atoms with van der Waals surface area (Å²) < 4.78 is 0. The first-order valence-electron chi connectivity index (χ1n) is 11.8. The Morgan fingerprint density at radius 2 is 1.35 bits per heavy atom. The molecule has 181 valence electrons. The van der Waals surface area contributed by atoms with Crippen molar-refractivity contribution in [1.82, 2.24) is 0 Å². The Labute approximate surface area is 240 Å². The van der Waals surface area contributed by atoms with Crippen LogP contribution in [0, 0.1) is 11.5 Å². The first-order valence-corrected chi connectivity index (χ1v) is 11.8. The molecular weight excluding hydrogens is 534 g/mol. The van der Waals surface area contributed by atoms with Gasteiger partial charge in [0.1, 0.15) is 0 Å². The van der Waals surface area contributed by atoms with E-state index in [0.717, 1.165) is 6.42 Å². The monoisotopic (exact) mass is 571 g/mol. The van der Waals surface area contributed by atoms with Gasteiger partial charge in [0, 0.05) is 5.92 Å². The van der Waals surface area contributed by atoms with Gasteiger partial charge in [0.2, 0.25) is 0 Å². The van der Waals surface area contributed by atoms with Crippen LogP contribution < -0.4 is 24.8 Å². The van der Waals surface area contributed by atoms with Gasteiger partial charge >= 0.3 is 26.2 Å². The molecule has 2 aliphatic carbocycles. The summed E-state index contributed by atoms with van der Waals surface area (Å²) in [6.45, 7) is 23.2. The van der Waals surface area contributed by atoms with Crippen molar-refractivity contribution >= 4 is 0 Å². The molecule has 0 saturated carbocycles. The van der Waals surface area contributed by atoms with E-state index in [-0.39, 0.29) is 67.3 Å². The van der Waals surface area contributed by atoms with Crippen LogP contribution in [0.5, 0.6) is 0 Å². The first-order chi connectivity index (χ1) is 14.2. The number of benzene rings is 2. The molecule has 2 aliphatic rings. The Kier molecular flexibility index (Phi) is 9.61. The predicted molar refractivity (Wildman–Crippen MR) is 135 cm³/mol. The van der Waals surface area contributed by atoms with Crippen LogP contribution in [0.15, 0.2) is 53.1 Å². The molecule has 0 fully saturated rings. The molecule has 0 heterocycles. The summed E-state index contributed by atoms with van der Waals surface area (Å²) >= 11 is 0. The zero-order chi connectivity index (χ0) is 22.9. The molecule has 3 heteroatoms. The molecule has 1 radical (unpaired) electrons. The van der Waals surface area contributed by atoms with Crippen LogP contribution in [0.1, 0.15) is 104 Å². The average Bonchev–Trinajstić information content (AvgIpc) is 3.16. The normalized spacial score (nSPS) is 17.2. The van der Waals surface area contributed by atoms with E-state index in [1.165, 1.54) is 39.0 Å². The van der Waals surface area contributed by atoms with Crippen LogP contribution in [0.2, 0.25) is 0 Å². The quantitative estimate of drug-likeness (QED) is 0.461. The first kappa shape index (κ1) is 31.4. The Morgan fingerprint density at radius 3 is 1.85 bits per heavy atom. The van der Waals surface area contributed by atoms with Gasteiger partial charge in [-0.25, -0.2) is 0 Å². The van der Waals surface area contributed by atoms with Gasteiger partial charge in [0.15, 0.2) is 0 Å². The van der Waals surface area contributed by atoms with Gasteiger partial charge in [-0.2, -0.15) is 23.8 Å². The number of allylic oxidation sites excluding steroid dienone is 4.